The van der Waals surface area contributed by atoms with Crippen LogP contribution < -0.4 is 0 Å². The summed E-state index contributed by atoms with van der Waals surface area (Å²) in [4.78, 5) is 25.7. The van der Waals surface area contributed by atoms with Crippen LogP contribution >= 0.6 is 12.4 Å². The van der Waals surface area contributed by atoms with Crippen molar-refractivity contribution in [1.29, 1.82) is 0 Å². The molecule has 0 spiro atoms. The molecule has 0 aliphatic heterocycles. The molecule has 0 aromatic heterocycles. The number of hydrazine groups is 1. The highest BCUT2D eigenvalue weighted by Crippen LogP contribution is 2.07. The molecule has 0 aliphatic carbocycles. The first-order chi connectivity index (χ1) is 11.6. The normalized spacial score (nSPS) is 10.2. The lowest BCUT2D eigenvalue weighted by atomic mass is 10.2. The Labute approximate surface area is 153 Å². The number of hydrogen-bond donors (Lipinski definition) is 0. The number of nitro groups is 1. The molecule has 0 saturated heterocycles. The minimum atomic E-state index is -0.633. The van der Waals surface area contributed by atoms with Crippen molar-refractivity contribution >= 4 is 18.3 Å². The van der Waals surface area contributed by atoms with Gasteiger partial charge in [0.05, 0.1) is 0 Å². The summed E-state index contributed by atoms with van der Waals surface area (Å²) in [6.07, 6.45) is 0. The van der Waals surface area contributed by atoms with Crippen LogP contribution in [0.5, 0.6) is 0 Å². The number of halogens is 1. The highest BCUT2D eigenvalue weighted by atomic mass is 35.5. The summed E-state index contributed by atoms with van der Waals surface area (Å²) >= 11 is 0. The van der Waals surface area contributed by atoms with Gasteiger partial charge in [0.15, 0.2) is 5.03 Å². The van der Waals surface area contributed by atoms with Gasteiger partial charge in [0.2, 0.25) is 0 Å². The summed E-state index contributed by atoms with van der Waals surface area (Å²) in [7, 11) is 0. The Morgan fingerprint density at radius 2 is 1.56 bits per heavy atom. The van der Waals surface area contributed by atoms with Gasteiger partial charge in [-0.15, -0.1) is 12.4 Å². The largest absolute Gasteiger partial charge is 0.313 e. The Bertz CT molecular complexity index is 668. The smallest absolute Gasteiger partial charge is 0.297 e. The molecule has 0 radical (unpaired) electrons. The van der Waals surface area contributed by atoms with Crippen LogP contribution in [0.2, 0.25) is 0 Å². The van der Waals surface area contributed by atoms with Crippen LogP contribution in [-0.4, -0.2) is 40.5 Å². The maximum Gasteiger partial charge on any atom is 0.313 e. The molecular weight excluding hydrogens is 342 g/mol. The predicted octanol–water partition coefficient (Wildman–Crippen LogP) is 3.26. The van der Waals surface area contributed by atoms with E-state index in [9.17, 15) is 14.9 Å². The molecule has 7 heteroatoms. The van der Waals surface area contributed by atoms with Gasteiger partial charge in [0.1, 0.15) is 6.54 Å². The zero-order chi connectivity index (χ0) is 17.4. The van der Waals surface area contributed by atoms with E-state index in [-0.39, 0.29) is 19.0 Å². The fraction of sp³-hybridized carbons (Fsp3) is 0.278. The molecule has 0 heterocycles. The van der Waals surface area contributed by atoms with Crippen molar-refractivity contribution in [2.75, 3.05) is 19.6 Å². The molecule has 0 saturated carbocycles. The van der Waals surface area contributed by atoms with Gasteiger partial charge in [0.25, 0.3) is 0 Å². The van der Waals surface area contributed by atoms with E-state index >= 15 is 0 Å². The van der Waals surface area contributed by atoms with Crippen LogP contribution in [0.4, 0.5) is 0 Å². The molecule has 6 nitrogen and oxygen atoms in total. The number of carbonyl (C=O) groups is 1. The summed E-state index contributed by atoms with van der Waals surface area (Å²) in [6.45, 7) is 3.92. The Kier molecular flexibility index (Phi) is 8.60. The maximum absolute atomic E-state index is 12.3. The summed E-state index contributed by atoms with van der Waals surface area (Å²) in [5.74, 6) is -0.587. The third-order valence-electron chi connectivity index (χ3n) is 3.78. The van der Waals surface area contributed by atoms with Gasteiger partial charge in [0, 0.05) is 18.7 Å². The van der Waals surface area contributed by atoms with Crippen LogP contribution in [0.15, 0.2) is 60.7 Å². The second-order valence-corrected chi connectivity index (χ2v) is 5.39. The summed E-state index contributed by atoms with van der Waals surface area (Å²) in [5.41, 5.74) is 1.46. The van der Waals surface area contributed by atoms with Gasteiger partial charge in [-0.3, -0.25) is 9.69 Å². The number of benzene rings is 2. The zero-order valence-electron chi connectivity index (χ0n) is 14.1. The Balaban J connectivity index is 0.00000312. The van der Waals surface area contributed by atoms with E-state index in [0.717, 1.165) is 12.1 Å². The fourth-order valence-corrected chi connectivity index (χ4v) is 2.41. The fourth-order valence-electron chi connectivity index (χ4n) is 2.41. The molecule has 2 rings (SSSR count). The van der Waals surface area contributed by atoms with Crippen LogP contribution in [0.1, 0.15) is 22.8 Å². The van der Waals surface area contributed by atoms with Crippen LogP contribution in [0, 0.1) is 10.1 Å². The third-order valence-corrected chi connectivity index (χ3v) is 3.78. The summed E-state index contributed by atoms with van der Waals surface area (Å²) in [5, 5.41) is 11.3. The van der Waals surface area contributed by atoms with Crippen LogP contribution in [-0.2, 0) is 6.54 Å². The first-order valence-electron chi connectivity index (χ1n) is 7.89. The number of carbonyl (C=O) groups excluding carboxylic acids is 1. The first-order valence-corrected chi connectivity index (χ1v) is 7.89. The lowest BCUT2D eigenvalue weighted by molar-refractivity contribution is -0.632. The minimum absolute atomic E-state index is 0. The molecule has 2 aromatic carbocycles. The van der Waals surface area contributed by atoms with E-state index in [4.69, 9.17) is 0 Å². The first kappa shape index (κ1) is 20.6. The van der Waals surface area contributed by atoms with Gasteiger partial charge in [-0.25, -0.2) is 10.1 Å². The summed E-state index contributed by atoms with van der Waals surface area (Å²) in [6, 6.07) is 18.2. The number of hydrogen-bond acceptors (Lipinski definition) is 4. The maximum atomic E-state index is 12.3. The molecule has 0 bridgehead atoms. The molecule has 0 atom stereocenters. The topological polar surface area (TPSA) is 66.7 Å². The van der Waals surface area contributed by atoms with Crippen molar-refractivity contribution in [2.45, 2.75) is 13.5 Å². The predicted molar refractivity (Wildman–Crippen MR) is 99.1 cm³/mol. The highest BCUT2D eigenvalue weighted by Gasteiger charge is 2.25. The second kappa shape index (κ2) is 10.4. The van der Waals surface area contributed by atoms with Crippen molar-refractivity contribution in [1.82, 2.24) is 9.91 Å². The van der Waals surface area contributed by atoms with E-state index in [2.05, 4.69) is 4.90 Å². The van der Waals surface area contributed by atoms with Crippen molar-refractivity contribution in [3.05, 3.63) is 81.9 Å². The van der Waals surface area contributed by atoms with Crippen molar-refractivity contribution in [3.8, 4) is 0 Å². The van der Waals surface area contributed by atoms with E-state index in [1.165, 1.54) is 0 Å². The molecule has 1 amide bonds. The lowest BCUT2D eigenvalue weighted by Crippen LogP contribution is -2.42. The van der Waals surface area contributed by atoms with Gasteiger partial charge in [-0.2, -0.15) is 0 Å². The minimum Gasteiger partial charge on any atom is -0.297 e. The van der Waals surface area contributed by atoms with Crippen LogP contribution in [0.3, 0.4) is 0 Å². The molecule has 25 heavy (non-hydrogen) atoms. The SMILES string of the molecule is CCN(CCN(C(=O)c1ccccc1)[N+](=O)[O-])Cc1ccccc1.Cl. The van der Waals surface area contributed by atoms with Crippen molar-refractivity contribution < 1.29 is 9.83 Å². The van der Waals surface area contributed by atoms with Crippen molar-refractivity contribution in [3.63, 3.8) is 0 Å². The van der Waals surface area contributed by atoms with Gasteiger partial charge >= 0.3 is 5.91 Å². The highest BCUT2D eigenvalue weighted by molar-refractivity contribution is 5.93. The average Bonchev–Trinajstić information content (AvgIpc) is 2.62. The van der Waals surface area contributed by atoms with Gasteiger partial charge in [-0.1, -0.05) is 60.5 Å². The number of rotatable bonds is 8. The van der Waals surface area contributed by atoms with Crippen LogP contribution in [0.25, 0.3) is 0 Å². The average molecular weight is 364 g/mol. The van der Waals surface area contributed by atoms with E-state index < -0.39 is 10.9 Å². The molecule has 0 aliphatic rings. The van der Waals surface area contributed by atoms with Crippen molar-refractivity contribution in [2.24, 2.45) is 0 Å². The summed E-state index contributed by atoms with van der Waals surface area (Å²) < 4.78 is 0. The molecular formula is C18H22ClN3O3. The monoisotopic (exact) mass is 363 g/mol. The molecule has 134 valence electrons. The molecule has 0 unspecified atom stereocenters. The van der Waals surface area contributed by atoms with E-state index in [1.54, 1.807) is 30.3 Å². The molecule has 0 N–H and O–H groups in total. The number of nitrogens with zero attached hydrogens (tertiary/aromatic N) is 3. The lowest BCUT2D eigenvalue weighted by Gasteiger charge is -2.22. The Morgan fingerprint density at radius 3 is 2.08 bits per heavy atom. The second-order valence-electron chi connectivity index (χ2n) is 5.39. The van der Waals surface area contributed by atoms with E-state index in [0.29, 0.717) is 23.7 Å². The number of likely N-dealkylation sites (N-methyl/N-ethyl adjacent to an activating group) is 1. The Hall–Kier alpha value is -2.44. The molecule has 0 fully saturated rings. The zero-order valence-corrected chi connectivity index (χ0v) is 14.9. The third kappa shape index (κ3) is 6.17. The van der Waals surface area contributed by atoms with E-state index in [1.807, 2.05) is 37.3 Å². The quantitative estimate of drug-likeness (QED) is 0.533. The van der Waals surface area contributed by atoms with Gasteiger partial charge in [-0.05, 0) is 24.2 Å². The molecule has 2 aromatic rings. The van der Waals surface area contributed by atoms with Gasteiger partial charge < -0.3 is 0 Å². The standard InChI is InChI=1S/C18H21N3O3.ClH/c1-2-19(15-16-9-5-3-6-10-16)13-14-20(21(23)24)18(22)17-11-7-4-8-12-17;/h3-12H,2,13-15H2,1H3;1H. The number of amides is 1. The Morgan fingerprint density at radius 1 is 1.00 bits per heavy atom.